The number of nitrogens with one attached hydrogen (secondary N) is 1. The minimum atomic E-state index is -0.936. The van der Waals surface area contributed by atoms with E-state index in [-0.39, 0.29) is 17.6 Å². The lowest BCUT2D eigenvalue weighted by molar-refractivity contribution is -0.113. The Morgan fingerprint density at radius 3 is 2.35 bits per heavy atom. The largest absolute Gasteiger partial charge is 0.339 e. The molecule has 2 aromatic rings. The molecule has 2 aromatic carbocycles. The lowest BCUT2D eigenvalue weighted by Gasteiger charge is -2.15. The zero-order chi connectivity index (χ0) is 18.5. The second-order valence-electron chi connectivity index (χ2n) is 5.99. The molecule has 0 spiro atoms. The zero-order valence-corrected chi connectivity index (χ0v) is 14.8. The van der Waals surface area contributed by atoms with Crippen molar-refractivity contribution in [3.63, 3.8) is 0 Å². The molecule has 0 atom stereocenters. The molecular weight excluding hydrogens is 358 g/mol. The Bertz CT molecular complexity index is 806. The Morgan fingerprint density at radius 1 is 1.00 bits per heavy atom. The highest BCUT2D eigenvalue weighted by molar-refractivity contribution is 8.00. The minimum absolute atomic E-state index is 0.00858. The number of rotatable bonds is 5. The third-order valence-corrected chi connectivity index (χ3v) is 5.06. The van der Waals surface area contributed by atoms with Gasteiger partial charge in [-0.1, -0.05) is 0 Å². The van der Waals surface area contributed by atoms with Crippen LogP contribution in [-0.2, 0) is 4.79 Å². The van der Waals surface area contributed by atoms with Crippen LogP contribution in [0.3, 0.4) is 0 Å². The van der Waals surface area contributed by atoms with E-state index >= 15 is 0 Å². The third kappa shape index (κ3) is 4.60. The molecule has 1 heterocycles. The molecule has 136 valence electrons. The number of hydrogen-bond acceptors (Lipinski definition) is 3. The molecule has 0 bridgehead atoms. The monoisotopic (exact) mass is 376 g/mol. The number of hydrogen-bond donors (Lipinski definition) is 1. The summed E-state index contributed by atoms with van der Waals surface area (Å²) in [6.07, 6.45) is 2.07. The smallest absolute Gasteiger partial charge is 0.253 e. The van der Waals surface area contributed by atoms with Crippen LogP contribution in [0.5, 0.6) is 0 Å². The molecule has 3 rings (SSSR count). The van der Waals surface area contributed by atoms with Gasteiger partial charge in [0.1, 0.15) is 0 Å². The number of halogens is 2. The number of benzene rings is 2. The maximum absolute atomic E-state index is 13.1. The van der Waals surface area contributed by atoms with E-state index in [1.807, 2.05) is 4.90 Å². The molecular formula is C19H18F2N2O2S. The molecule has 1 N–H and O–H groups in total. The van der Waals surface area contributed by atoms with E-state index in [1.54, 1.807) is 24.3 Å². The average molecular weight is 376 g/mol. The predicted octanol–water partition coefficient (Wildman–Crippen LogP) is 3.93. The SMILES string of the molecule is O=C(CSc1ccc(F)c(F)c1)Nc1ccc(C(=O)N2CCCC2)cc1. The van der Waals surface area contributed by atoms with E-state index in [0.29, 0.717) is 16.1 Å². The number of amides is 2. The highest BCUT2D eigenvalue weighted by atomic mass is 32.2. The van der Waals surface area contributed by atoms with Crippen LogP contribution in [0.1, 0.15) is 23.2 Å². The second kappa shape index (κ2) is 8.31. The summed E-state index contributed by atoms with van der Waals surface area (Å²) in [5, 5.41) is 2.72. The topological polar surface area (TPSA) is 49.4 Å². The minimum Gasteiger partial charge on any atom is -0.339 e. The van der Waals surface area contributed by atoms with E-state index in [0.717, 1.165) is 49.8 Å². The van der Waals surface area contributed by atoms with Crippen molar-refractivity contribution in [2.75, 3.05) is 24.2 Å². The predicted molar refractivity (Wildman–Crippen MR) is 97.3 cm³/mol. The van der Waals surface area contributed by atoms with Crippen molar-refractivity contribution >= 4 is 29.3 Å². The van der Waals surface area contributed by atoms with Gasteiger partial charge in [0.2, 0.25) is 5.91 Å². The first-order valence-corrected chi connectivity index (χ1v) is 9.28. The molecule has 1 aliphatic heterocycles. The Kier molecular flexibility index (Phi) is 5.88. The van der Waals surface area contributed by atoms with Crippen LogP contribution in [0.25, 0.3) is 0 Å². The van der Waals surface area contributed by atoms with Gasteiger partial charge in [0.25, 0.3) is 5.91 Å². The van der Waals surface area contributed by atoms with Crippen molar-refractivity contribution in [1.82, 2.24) is 4.90 Å². The van der Waals surface area contributed by atoms with E-state index in [9.17, 15) is 18.4 Å². The number of nitrogens with zero attached hydrogens (tertiary/aromatic N) is 1. The van der Waals surface area contributed by atoms with Crippen LogP contribution >= 0.6 is 11.8 Å². The standard InChI is InChI=1S/C19H18F2N2O2S/c20-16-8-7-15(11-17(16)21)26-12-18(24)22-14-5-3-13(4-6-14)19(25)23-9-1-2-10-23/h3-8,11H,1-2,9-10,12H2,(H,22,24). The molecule has 1 aliphatic rings. The van der Waals surface area contributed by atoms with Crippen molar-refractivity contribution < 1.29 is 18.4 Å². The summed E-state index contributed by atoms with van der Waals surface area (Å²) in [6.45, 7) is 1.58. The molecule has 0 aliphatic carbocycles. The highest BCUT2D eigenvalue weighted by Gasteiger charge is 2.19. The summed E-state index contributed by atoms with van der Waals surface area (Å²) in [4.78, 5) is 26.6. The highest BCUT2D eigenvalue weighted by Crippen LogP contribution is 2.21. The lowest BCUT2D eigenvalue weighted by Crippen LogP contribution is -2.27. The molecule has 0 aromatic heterocycles. The van der Waals surface area contributed by atoms with Gasteiger partial charge in [-0.05, 0) is 55.3 Å². The Morgan fingerprint density at radius 2 is 1.69 bits per heavy atom. The van der Waals surface area contributed by atoms with Crippen molar-refractivity contribution in [3.05, 3.63) is 59.7 Å². The summed E-state index contributed by atoms with van der Waals surface area (Å²) >= 11 is 1.12. The van der Waals surface area contributed by atoms with Gasteiger partial charge in [0, 0.05) is 29.2 Å². The van der Waals surface area contributed by atoms with Crippen molar-refractivity contribution in [1.29, 1.82) is 0 Å². The van der Waals surface area contributed by atoms with Gasteiger partial charge >= 0.3 is 0 Å². The summed E-state index contributed by atoms with van der Waals surface area (Å²) in [6, 6.07) is 10.3. The fourth-order valence-corrected chi connectivity index (χ4v) is 3.43. The third-order valence-electron chi connectivity index (χ3n) is 4.07. The molecule has 2 amide bonds. The molecule has 1 saturated heterocycles. The van der Waals surface area contributed by atoms with Crippen molar-refractivity contribution in [3.8, 4) is 0 Å². The second-order valence-corrected chi connectivity index (χ2v) is 7.04. The van der Waals surface area contributed by atoms with Gasteiger partial charge in [-0.25, -0.2) is 8.78 Å². The quantitative estimate of drug-likeness (QED) is 0.805. The fraction of sp³-hybridized carbons (Fsp3) is 0.263. The maximum atomic E-state index is 13.1. The Balaban J connectivity index is 1.52. The van der Waals surface area contributed by atoms with Gasteiger partial charge in [-0.3, -0.25) is 9.59 Å². The van der Waals surface area contributed by atoms with Gasteiger partial charge in [0.05, 0.1) is 5.75 Å². The summed E-state index contributed by atoms with van der Waals surface area (Å²) in [5.41, 5.74) is 1.18. The molecule has 0 saturated carbocycles. The van der Waals surface area contributed by atoms with Crippen LogP contribution in [0.4, 0.5) is 14.5 Å². The molecule has 26 heavy (non-hydrogen) atoms. The average Bonchev–Trinajstić information content (AvgIpc) is 3.17. The van der Waals surface area contributed by atoms with Crippen LogP contribution in [-0.4, -0.2) is 35.6 Å². The number of thioether (sulfide) groups is 1. The number of anilines is 1. The molecule has 1 fully saturated rings. The molecule has 0 radical (unpaired) electrons. The first-order valence-electron chi connectivity index (χ1n) is 8.30. The maximum Gasteiger partial charge on any atom is 0.253 e. The first kappa shape index (κ1) is 18.4. The van der Waals surface area contributed by atoms with Gasteiger partial charge in [-0.2, -0.15) is 0 Å². The number of likely N-dealkylation sites (tertiary alicyclic amines) is 1. The molecule has 0 unspecified atom stereocenters. The summed E-state index contributed by atoms with van der Waals surface area (Å²) < 4.78 is 26.0. The summed E-state index contributed by atoms with van der Waals surface area (Å²) in [7, 11) is 0. The van der Waals surface area contributed by atoms with Crippen molar-refractivity contribution in [2.45, 2.75) is 17.7 Å². The van der Waals surface area contributed by atoms with Crippen LogP contribution < -0.4 is 5.32 Å². The van der Waals surface area contributed by atoms with E-state index in [4.69, 9.17) is 0 Å². The van der Waals surface area contributed by atoms with Crippen LogP contribution in [0.2, 0.25) is 0 Å². The van der Waals surface area contributed by atoms with Crippen LogP contribution in [0.15, 0.2) is 47.4 Å². The fourth-order valence-electron chi connectivity index (χ4n) is 2.71. The van der Waals surface area contributed by atoms with Crippen molar-refractivity contribution in [2.24, 2.45) is 0 Å². The van der Waals surface area contributed by atoms with Gasteiger partial charge < -0.3 is 10.2 Å². The van der Waals surface area contributed by atoms with Gasteiger partial charge in [-0.15, -0.1) is 11.8 Å². The molecule has 4 nitrogen and oxygen atoms in total. The van der Waals surface area contributed by atoms with Crippen LogP contribution in [0, 0.1) is 11.6 Å². The number of carbonyl (C=O) groups is 2. The normalized spacial score (nSPS) is 13.7. The molecule has 7 heteroatoms. The Hall–Kier alpha value is -2.41. The zero-order valence-electron chi connectivity index (χ0n) is 14.0. The van der Waals surface area contributed by atoms with E-state index < -0.39 is 11.6 Å². The summed E-state index contributed by atoms with van der Waals surface area (Å²) in [5.74, 6) is -2.04. The lowest BCUT2D eigenvalue weighted by atomic mass is 10.2. The van der Waals surface area contributed by atoms with E-state index in [2.05, 4.69) is 5.32 Å². The first-order chi connectivity index (χ1) is 12.5. The van der Waals surface area contributed by atoms with Gasteiger partial charge in [0.15, 0.2) is 11.6 Å². The van der Waals surface area contributed by atoms with E-state index in [1.165, 1.54) is 6.07 Å². The number of carbonyl (C=O) groups excluding carboxylic acids is 2. The Labute approximate surface area is 154 Å².